The van der Waals surface area contributed by atoms with Gasteiger partial charge in [0, 0.05) is 18.3 Å². The Balaban J connectivity index is 2.30. The van der Waals surface area contributed by atoms with Gasteiger partial charge in [0.25, 0.3) is 0 Å². The molecule has 0 fully saturated rings. The molecule has 0 aliphatic rings. The Labute approximate surface area is 112 Å². The molecular weight excluding hydrogens is 238 g/mol. The zero-order valence-corrected chi connectivity index (χ0v) is 10.7. The summed E-state index contributed by atoms with van der Waals surface area (Å²) in [6.07, 6.45) is 5.39. The van der Waals surface area contributed by atoms with Crippen LogP contribution in [0.2, 0.25) is 0 Å². The van der Waals surface area contributed by atoms with E-state index in [4.69, 9.17) is 0 Å². The molecule has 3 heteroatoms. The molecule has 19 heavy (non-hydrogen) atoms. The van der Waals surface area contributed by atoms with E-state index in [1.807, 2.05) is 30.3 Å². The lowest BCUT2D eigenvalue weighted by Gasteiger charge is -2.13. The maximum Gasteiger partial charge on any atom is 0.337 e. The molecule has 1 aromatic heterocycles. The number of carbonyl (C=O) groups is 1. The topological polar surface area (TPSA) is 39.2 Å². The monoisotopic (exact) mass is 253 g/mol. The Morgan fingerprint density at radius 2 is 1.74 bits per heavy atom. The van der Waals surface area contributed by atoms with Gasteiger partial charge in [-0.3, -0.25) is 4.98 Å². The van der Waals surface area contributed by atoms with Crippen molar-refractivity contribution < 1.29 is 9.53 Å². The van der Waals surface area contributed by atoms with Crippen LogP contribution in [0.1, 0.15) is 27.4 Å². The molecule has 1 heterocycles. The summed E-state index contributed by atoms with van der Waals surface area (Å²) in [5.74, 6) is -0.236. The lowest BCUT2D eigenvalue weighted by molar-refractivity contribution is 0.0600. The molecule has 0 saturated heterocycles. The standard InChI is InChI=1S/C16H15NO2/c1-3-15(13-8-10-17-11-9-13)12-4-6-14(7-5-12)16(18)19-2/h3-11,15H,1H2,2H3. The zero-order chi connectivity index (χ0) is 13.7. The third kappa shape index (κ3) is 2.88. The molecule has 2 aromatic rings. The second-order valence-corrected chi connectivity index (χ2v) is 4.11. The fourth-order valence-electron chi connectivity index (χ4n) is 1.98. The van der Waals surface area contributed by atoms with Gasteiger partial charge in [-0.15, -0.1) is 6.58 Å². The first-order valence-corrected chi connectivity index (χ1v) is 5.97. The molecule has 2 rings (SSSR count). The number of hydrogen-bond donors (Lipinski definition) is 0. The number of methoxy groups -OCH3 is 1. The number of allylic oxidation sites excluding steroid dienone is 1. The maximum absolute atomic E-state index is 11.4. The van der Waals surface area contributed by atoms with Crippen molar-refractivity contribution in [1.29, 1.82) is 0 Å². The highest BCUT2D eigenvalue weighted by Gasteiger charge is 2.11. The van der Waals surface area contributed by atoms with E-state index in [-0.39, 0.29) is 11.9 Å². The lowest BCUT2D eigenvalue weighted by Crippen LogP contribution is -2.02. The van der Waals surface area contributed by atoms with Gasteiger partial charge in [-0.2, -0.15) is 0 Å². The Kier molecular flexibility index (Phi) is 4.08. The number of pyridine rings is 1. The van der Waals surface area contributed by atoms with Crippen molar-refractivity contribution in [1.82, 2.24) is 4.98 Å². The molecule has 0 radical (unpaired) electrons. The van der Waals surface area contributed by atoms with Crippen LogP contribution in [0.25, 0.3) is 0 Å². The Morgan fingerprint density at radius 1 is 1.16 bits per heavy atom. The lowest BCUT2D eigenvalue weighted by atomic mass is 9.91. The smallest absolute Gasteiger partial charge is 0.337 e. The van der Waals surface area contributed by atoms with E-state index in [0.717, 1.165) is 11.1 Å². The van der Waals surface area contributed by atoms with Gasteiger partial charge in [0.1, 0.15) is 0 Å². The van der Waals surface area contributed by atoms with Gasteiger partial charge < -0.3 is 4.74 Å². The highest BCUT2D eigenvalue weighted by Crippen LogP contribution is 2.25. The molecule has 0 bridgehead atoms. The Hall–Kier alpha value is -2.42. The highest BCUT2D eigenvalue weighted by atomic mass is 16.5. The van der Waals surface area contributed by atoms with E-state index in [1.165, 1.54) is 7.11 Å². The predicted octanol–water partition coefficient (Wildman–Crippen LogP) is 3.19. The van der Waals surface area contributed by atoms with Crippen molar-refractivity contribution in [2.45, 2.75) is 5.92 Å². The predicted molar refractivity (Wildman–Crippen MR) is 74.1 cm³/mol. The Morgan fingerprint density at radius 3 is 2.26 bits per heavy atom. The minimum atomic E-state index is -0.328. The summed E-state index contributed by atoms with van der Waals surface area (Å²) in [7, 11) is 1.37. The van der Waals surface area contributed by atoms with Gasteiger partial charge in [0.05, 0.1) is 12.7 Å². The molecule has 96 valence electrons. The summed E-state index contributed by atoms with van der Waals surface area (Å²) in [6, 6.07) is 11.3. The van der Waals surface area contributed by atoms with Gasteiger partial charge in [0.15, 0.2) is 0 Å². The number of esters is 1. The van der Waals surface area contributed by atoms with Crippen LogP contribution in [0.15, 0.2) is 61.4 Å². The first-order chi connectivity index (χ1) is 9.26. The molecule has 0 aliphatic heterocycles. The molecule has 1 unspecified atom stereocenters. The first-order valence-electron chi connectivity index (χ1n) is 5.97. The van der Waals surface area contributed by atoms with Gasteiger partial charge >= 0.3 is 5.97 Å². The van der Waals surface area contributed by atoms with Crippen molar-refractivity contribution in [3.8, 4) is 0 Å². The van der Waals surface area contributed by atoms with Crippen LogP contribution in [0.3, 0.4) is 0 Å². The molecule has 3 nitrogen and oxygen atoms in total. The summed E-state index contributed by atoms with van der Waals surface area (Å²) in [6.45, 7) is 3.88. The van der Waals surface area contributed by atoms with Gasteiger partial charge in [-0.05, 0) is 35.4 Å². The second-order valence-electron chi connectivity index (χ2n) is 4.11. The quantitative estimate of drug-likeness (QED) is 0.620. The summed E-state index contributed by atoms with van der Waals surface area (Å²) < 4.78 is 4.68. The van der Waals surface area contributed by atoms with Crippen molar-refractivity contribution in [2.75, 3.05) is 7.11 Å². The van der Waals surface area contributed by atoms with Crippen LogP contribution in [-0.4, -0.2) is 18.1 Å². The molecule has 0 spiro atoms. The molecule has 0 saturated carbocycles. The average molecular weight is 253 g/mol. The molecule has 0 aliphatic carbocycles. The van der Waals surface area contributed by atoms with E-state index < -0.39 is 0 Å². The molecule has 0 N–H and O–H groups in total. The molecule has 1 aromatic carbocycles. The van der Waals surface area contributed by atoms with Crippen molar-refractivity contribution in [3.63, 3.8) is 0 Å². The van der Waals surface area contributed by atoms with Gasteiger partial charge in [0.2, 0.25) is 0 Å². The zero-order valence-electron chi connectivity index (χ0n) is 10.7. The fraction of sp³-hybridized carbons (Fsp3) is 0.125. The second kappa shape index (κ2) is 5.96. The average Bonchev–Trinajstić information content (AvgIpc) is 2.49. The summed E-state index contributed by atoms with van der Waals surface area (Å²) in [5, 5.41) is 0. The Bertz CT molecular complexity index is 561. The summed E-state index contributed by atoms with van der Waals surface area (Å²) >= 11 is 0. The van der Waals surface area contributed by atoms with Crippen LogP contribution in [0.5, 0.6) is 0 Å². The van der Waals surface area contributed by atoms with Gasteiger partial charge in [-0.1, -0.05) is 18.2 Å². The number of rotatable bonds is 4. The number of carbonyl (C=O) groups excluding carboxylic acids is 1. The molecule has 0 amide bonds. The number of hydrogen-bond acceptors (Lipinski definition) is 3. The summed E-state index contributed by atoms with van der Waals surface area (Å²) in [5.41, 5.74) is 2.74. The van der Waals surface area contributed by atoms with E-state index in [0.29, 0.717) is 5.56 Å². The minimum Gasteiger partial charge on any atom is -0.465 e. The third-order valence-corrected chi connectivity index (χ3v) is 2.99. The van der Waals surface area contributed by atoms with Crippen LogP contribution < -0.4 is 0 Å². The highest BCUT2D eigenvalue weighted by molar-refractivity contribution is 5.89. The number of aromatic nitrogens is 1. The van der Waals surface area contributed by atoms with Crippen molar-refractivity contribution >= 4 is 5.97 Å². The van der Waals surface area contributed by atoms with Crippen LogP contribution in [0.4, 0.5) is 0 Å². The molecular formula is C16H15NO2. The van der Waals surface area contributed by atoms with Crippen LogP contribution in [-0.2, 0) is 4.74 Å². The van der Waals surface area contributed by atoms with E-state index in [9.17, 15) is 4.79 Å². The number of ether oxygens (including phenoxy) is 1. The van der Waals surface area contributed by atoms with Gasteiger partial charge in [-0.25, -0.2) is 4.79 Å². The fourth-order valence-corrected chi connectivity index (χ4v) is 1.98. The van der Waals surface area contributed by atoms with E-state index >= 15 is 0 Å². The van der Waals surface area contributed by atoms with Crippen molar-refractivity contribution in [3.05, 3.63) is 78.1 Å². The minimum absolute atomic E-state index is 0.0923. The molecule has 1 atom stereocenters. The first kappa shape index (κ1) is 13.0. The number of benzene rings is 1. The summed E-state index contributed by atoms with van der Waals surface area (Å²) in [4.78, 5) is 15.4. The van der Waals surface area contributed by atoms with Crippen LogP contribution >= 0.6 is 0 Å². The van der Waals surface area contributed by atoms with Crippen LogP contribution in [0, 0.1) is 0 Å². The SMILES string of the molecule is C=CC(c1ccncc1)c1ccc(C(=O)OC)cc1. The largest absolute Gasteiger partial charge is 0.465 e. The normalized spacial score (nSPS) is 11.6. The third-order valence-electron chi connectivity index (χ3n) is 2.99. The maximum atomic E-state index is 11.4. The number of nitrogens with zero attached hydrogens (tertiary/aromatic N) is 1. The van der Waals surface area contributed by atoms with E-state index in [1.54, 1.807) is 24.5 Å². The van der Waals surface area contributed by atoms with Crippen molar-refractivity contribution in [2.24, 2.45) is 0 Å². The van der Waals surface area contributed by atoms with E-state index in [2.05, 4.69) is 16.3 Å².